The summed E-state index contributed by atoms with van der Waals surface area (Å²) in [7, 11) is 0. The molecule has 2 aliphatic heterocycles. The lowest BCUT2D eigenvalue weighted by atomic mass is 10.1. The van der Waals surface area contributed by atoms with Gasteiger partial charge in [-0.15, -0.1) is 11.8 Å². The normalized spacial score (nSPS) is 21.3. The van der Waals surface area contributed by atoms with Gasteiger partial charge >= 0.3 is 0 Å². The van der Waals surface area contributed by atoms with E-state index in [9.17, 15) is 22.8 Å². The molecule has 2 saturated heterocycles. The SMILES string of the molecule is O=C(c1ccc(F)c(F)c1F)N1CCCN(C(=O)C2CSCN2)CC1. The fourth-order valence-corrected chi connectivity index (χ4v) is 3.91. The van der Waals surface area contributed by atoms with Crippen molar-refractivity contribution in [2.45, 2.75) is 12.5 Å². The minimum absolute atomic E-state index is 0.00157. The topological polar surface area (TPSA) is 52.7 Å². The Bertz CT molecular complexity index is 683. The number of rotatable bonds is 2. The second-order valence-corrected chi connectivity index (χ2v) is 7.00. The van der Waals surface area contributed by atoms with E-state index >= 15 is 0 Å². The predicted molar refractivity (Wildman–Crippen MR) is 87.7 cm³/mol. The Balaban J connectivity index is 1.67. The summed E-state index contributed by atoms with van der Waals surface area (Å²) in [4.78, 5) is 27.9. The third-order valence-electron chi connectivity index (χ3n) is 4.37. The molecule has 3 rings (SSSR count). The van der Waals surface area contributed by atoms with Crippen LogP contribution >= 0.6 is 11.8 Å². The molecule has 5 nitrogen and oxygen atoms in total. The van der Waals surface area contributed by atoms with Gasteiger partial charge in [-0.2, -0.15) is 0 Å². The smallest absolute Gasteiger partial charge is 0.257 e. The van der Waals surface area contributed by atoms with Crippen molar-refractivity contribution in [1.82, 2.24) is 15.1 Å². The van der Waals surface area contributed by atoms with Crippen molar-refractivity contribution < 1.29 is 22.8 Å². The van der Waals surface area contributed by atoms with Crippen LogP contribution in [0.2, 0.25) is 0 Å². The summed E-state index contributed by atoms with van der Waals surface area (Å²) in [5, 5.41) is 3.12. The number of carbonyl (C=O) groups excluding carboxylic acids is 2. The van der Waals surface area contributed by atoms with Gasteiger partial charge in [-0.1, -0.05) is 0 Å². The van der Waals surface area contributed by atoms with Gasteiger partial charge < -0.3 is 9.80 Å². The Hall–Kier alpha value is -1.74. The van der Waals surface area contributed by atoms with Gasteiger partial charge in [0.15, 0.2) is 17.5 Å². The van der Waals surface area contributed by atoms with E-state index in [0.29, 0.717) is 26.1 Å². The zero-order valence-electron chi connectivity index (χ0n) is 13.4. The molecule has 25 heavy (non-hydrogen) atoms. The van der Waals surface area contributed by atoms with Crippen LogP contribution in [0.25, 0.3) is 0 Å². The highest BCUT2D eigenvalue weighted by molar-refractivity contribution is 7.99. The van der Waals surface area contributed by atoms with Gasteiger partial charge in [0.1, 0.15) is 0 Å². The van der Waals surface area contributed by atoms with Gasteiger partial charge in [-0.05, 0) is 18.6 Å². The minimum Gasteiger partial charge on any atom is -0.339 e. The van der Waals surface area contributed by atoms with Crippen LogP contribution in [0.4, 0.5) is 13.2 Å². The Morgan fingerprint density at radius 3 is 2.48 bits per heavy atom. The lowest BCUT2D eigenvalue weighted by molar-refractivity contribution is -0.132. The summed E-state index contributed by atoms with van der Waals surface area (Å²) in [6, 6.07) is 1.47. The highest BCUT2D eigenvalue weighted by Gasteiger charge is 2.30. The van der Waals surface area contributed by atoms with Gasteiger partial charge in [0, 0.05) is 37.8 Å². The van der Waals surface area contributed by atoms with Crippen LogP contribution < -0.4 is 5.32 Å². The number of benzene rings is 1. The number of nitrogens with one attached hydrogen (secondary N) is 1. The van der Waals surface area contributed by atoms with Gasteiger partial charge in [-0.25, -0.2) is 13.2 Å². The molecule has 0 aromatic heterocycles. The maximum Gasteiger partial charge on any atom is 0.257 e. The minimum atomic E-state index is -1.65. The van der Waals surface area contributed by atoms with Crippen molar-refractivity contribution >= 4 is 23.6 Å². The first-order chi connectivity index (χ1) is 12.0. The highest BCUT2D eigenvalue weighted by atomic mass is 32.2. The molecule has 1 aromatic carbocycles. The highest BCUT2D eigenvalue weighted by Crippen LogP contribution is 2.19. The number of hydrogen-bond acceptors (Lipinski definition) is 4. The molecular formula is C16H18F3N3O2S. The van der Waals surface area contributed by atoms with Crippen molar-refractivity contribution in [2.24, 2.45) is 0 Å². The molecule has 0 bridgehead atoms. The standard InChI is InChI=1S/C16H18F3N3O2S/c17-11-3-2-10(13(18)14(11)19)15(23)21-4-1-5-22(7-6-21)16(24)12-8-25-9-20-12/h2-3,12,20H,1,4-9H2. The molecule has 1 atom stereocenters. The van der Waals surface area contributed by atoms with Crippen molar-refractivity contribution in [3.8, 4) is 0 Å². The number of carbonyl (C=O) groups is 2. The van der Waals surface area contributed by atoms with E-state index in [2.05, 4.69) is 5.32 Å². The molecule has 9 heteroatoms. The number of hydrogen-bond donors (Lipinski definition) is 1. The van der Waals surface area contributed by atoms with Crippen molar-refractivity contribution in [3.63, 3.8) is 0 Å². The van der Waals surface area contributed by atoms with Crippen LogP contribution in [-0.2, 0) is 4.79 Å². The van der Waals surface area contributed by atoms with Crippen LogP contribution in [0, 0.1) is 17.5 Å². The summed E-state index contributed by atoms with van der Waals surface area (Å²) < 4.78 is 40.2. The van der Waals surface area contributed by atoms with Crippen LogP contribution in [0.3, 0.4) is 0 Å². The number of nitrogens with zero attached hydrogens (tertiary/aromatic N) is 2. The predicted octanol–water partition coefficient (Wildman–Crippen LogP) is 1.44. The molecule has 0 saturated carbocycles. The fourth-order valence-electron chi connectivity index (χ4n) is 2.98. The molecule has 2 fully saturated rings. The Morgan fingerprint density at radius 2 is 1.76 bits per heavy atom. The van der Waals surface area contributed by atoms with E-state index in [1.165, 1.54) is 4.90 Å². The first kappa shape index (κ1) is 18.1. The Morgan fingerprint density at radius 1 is 1.04 bits per heavy atom. The first-order valence-corrected chi connectivity index (χ1v) is 9.17. The first-order valence-electron chi connectivity index (χ1n) is 8.01. The molecule has 2 amide bonds. The van der Waals surface area contributed by atoms with Gasteiger partial charge in [0.25, 0.3) is 5.91 Å². The molecule has 0 radical (unpaired) electrons. The Labute approximate surface area is 147 Å². The van der Waals surface area contributed by atoms with E-state index in [0.717, 1.165) is 23.8 Å². The molecular weight excluding hydrogens is 355 g/mol. The molecule has 2 aliphatic rings. The molecule has 1 N–H and O–H groups in total. The van der Waals surface area contributed by atoms with Crippen LogP contribution in [-0.4, -0.2) is 65.5 Å². The third kappa shape index (κ3) is 3.77. The zero-order valence-corrected chi connectivity index (χ0v) is 14.3. The lowest BCUT2D eigenvalue weighted by Gasteiger charge is -2.24. The number of halogens is 3. The molecule has 0 spiro atoms. The second-order valence-electron chi connectivity index (χ2n) is 5.97. The number of thioether (sulfide) groups is 1. The maximum absolute atomic E-state index is 13.8. The molecule has 1 aromatic rings. The van der Waals surface area contributed by atoms with Crippen molar-refractivity contribution in [2.75, 3.05) is 37.8 Å². The molecule has 1 unspecified atom stereocenters. The van der Waals surface area contributed by atoms with Crippen molar-refractivity contribution in [3.05, 3.63) is 35.1 Å². The molecule has 136 valence electrons. The van der Waals surface area contributed by atoms with E-state index in [4.69, 9.17) is 0 Å². The quantitative estimate of drug-likeness (QED) is 0.798. The van der Waals surface area contributed by atoms with Crippen LogP contribution in [0.1, 0.15) is 16.8 Å². The molecule has 0 aliphatic carbocycles. The summed E-state index contributed by atoms with van der Waals surface area (Å²) >= 11 is 1.66. The summed E-state index contributed by atoms with van der Waals surface area (Å²) in [6.07, 6.45) is 0.544. The van der Waals surface area contributed by atoms with E-state index < -0.39 is 28.9 Å². The van der Waals surface area contributed by atoms with E-state index in [1.54, 1.807) is 16.7 Å². The Kier molecular flexibility index (Phi) is 5.53. The summed E-state index contributed by atoms with van der Waals surface area (Å²) in [5.74, 6) is -3.69. The average Bonchev–Trinajstić information content (AvgIpc) is 3.03. The second kappa shape index (κ2) is 7.65. The lowest BCUT2D eigenvalue weighted by Crippen LogP contribution is -2.46. The third-order valence-corrected chi connectivity index (χ3v) is 5.31. The van der Waals surface area contributed by atoms with Gasteiger partial charge in [-0.3, -0.25) is 14.9 Å². The molecule has 2 heterocycles. The monoisotopic (exact) mass is 373 g/mol. The van der Waals surface area contributed by atoms with Crippen molar-refractivity contribution in [1.29, 1.82) is 0 Å². The van der Waals surface area contributed by atoms with E-state index in [1.807, 2.05) is 0 Å². The van der Waals surface area contributed by atoms with Gasteiger partial charge in [0.2, 0.25) is 5.91 Å². The van der Waals surface area contributed by atoms with E-state index in [-0.39, 0.29) is 18.5 Å². The largest absolute Gasteiger partial charge is 0.339 e. The maximum atomic E-state index is 13.8. The zero-order chi connectivity index (χ0) is 18.0. The van der Waals surface area contributed by atoms with Crippen LogP contribution in [0.5, 0.6) is 0 Å². The van der Waals surface area contributed by atoms with Gasteiger partial charge in [0.05, 0.1) is 11.6 Å². The fraction of sp³-hybridized carbons (Fsp3) is 0.500. The average molecular weight is 373 g/mol. The number of amides is 2. The summed E-state index contributed by atoms with van der Waals surface area (Å²) in [5.41, 5.74) is -0.493. The summed E-state index contributed by atoms with van der Waals surface area (Å²) in [6.45, 7) is 1.39. The van der Waals surface area contributed by atoms with Crippen LogP contribution in [0.15, 0.2) is 12.1 Å².